The van der Waals surface area contributed by atoms with Gasteiger partial charge in [-0.2, -0.15) is 0 Å². The summed E-state index contributed by atoms with van der Waals surface area (Å²) in [5.74, 6) is 0. The number of hydrogen-bond donors (Lipinski definition) is 0. The average Bonchev–Trinajstić information content (AvgIpc) is 1.41. The third-order valence-corrected chi connectivity index (χ3v) is 0.909. The first-order valence-electron chi connectivity index (χ1n) is 1.09. The van der Waals surface area contributed by atoms with E-state index in [0.29, 0.717) is 0 Å². The van der Waals surface area contributed by atoms with Crippen LogP contribution in [0.5, 0.6) is 0 Å². The Hall–Kier alpha value is 0.569. The fraction of sp³-hybridized carbons (Fsp3) is 1.00. The van der Waals surface area contributed by atoms with Crippen LogP contribution in [0.15, 0.2) is 0 Å². The van der Waals surface area contributed by atoms with Gasteiger partial charge in [0.05, 0.1) is 0 Å². The molecule has 0 amide bonds. The van der Waals surface area contributed by atoms with Crippen LogP contribution >= 0.6 is 0 Å². The van der Waals surface area contributed by atoms with Crippen molar-refractivity contribution in [2.75, 3.05) is 14.2 Å². The van der Waals surface area contributed by atoms with Gasteiger partial charge in [0, 0.05) is 0 Å². The second-order valence-corrected chi connectivity index (χ2v) is 2.68. The molecule has 5 heavy (non-hydrogen) atoms. The molecule has 0 bridgehead atoms. The van der Waals surface area contributed by atoms with Crippen molar-refractivity contribution in [1.82, 2.24) is 0 Å². The van der Waals surface area contributed by atoms with Gasteiger partial charge in [0.25, 0.3) is 0 Å². The van der Waals surface area contributed by atoms with Crippen LogP contribution < -0.4 is 0 Å². The molecule has 0 atom stereocenters. The summed E-state index contributed by atoms with van der Waals surface area (Å²) < 4.78 is 9.19. The van der Waals surface area contributed by atoms with E-state index in [1.165, 1.54) is 0 Å². The van der Waals surface area contributed by atoms with E-state index in [9.17, 15) is 0 Å². The molecule has 0 N–H and O–H groups in total. The van der Waals surface area contributed by atoms with Gasteiger partial charge in [0.2, 0.25) is 0 Å². The topological polar surface area (TPSA) is 18.5 Å². The van der Waals surface area contributed by atoms with Crippen molar-refractivity contribution in [3.8, 4) is 0 Å². The Kier molecular flexibility index (Phi) is 5.09. The summed E-state index contributed by atoms with van der Waals surface area (Å²) in [4.78, 5) is 0. The molecule has 0 heterocycles. The molecule has 0 radical (unpaired) electrons. The second kappa shape index (κ2) is 4.57. The van der Waals surface area contributed by atoms with Gasteiger partial charge in [-0.25, -0.2) is 0 Å². The fourth-order valence-electron chi connectivity index (χ4n) is 0.0556. The zero-order chi connectivity index (χ0) is 4.12. The van der Waals surface area contributed by atoms with Crippen molar-refractivity contribution in [3.05, 3.63) is 0 Å². The quantitative estimate of drug-likeness (QED) is 0.700. The van der Waals surface area contributed by atoms with Crippen LogP contribution in [0.2, 0.25) is 0 Å². The number of hydrogen-bond acceptors (Lipinski definition) is 2. The van der Waals surface area contributed by atoms with Crippen LogP contribution in [0.3, 0.4) is 0 Å². The molecule has 0 saturated carbocycles. The van der Waals surface area contributed by atoms with Crippen LogP contribution in [0, 0.1) is 0 Å². The summed E-state index contributed by atoms with van der Waals surface area (Å²) >= 11 is -0.472. The molecule has 0 saturated heterocycles. The maximum atomic E-state index is 4.59. The van der Waals surface area contributed by atoms with Crippen LogP contribution in [-0.4, -0.2) is 14.2 Å². The molecule has 0 spiro atoms. The standard InChI is InChI=1S/2CH3O.Ir/c2*1-2;/h2*1H3;/q2*-1;+1. The summed E-state index contributed by atoms with van der Waals surface area (Å²) in [6, 6.07) is 0. The van der Waals surface area contributed by atoms with E-state index in [4.69, 9.17) is 0 Å². The normalized spacial score (nSPS) is 9.20. The third kappa shape index (κ3) is 4.57. The van der Waals surface area contributed by atoms with Crippen LogP contribution in [0.4, 0.5) is 0 Å². The van der Waals surface area contributed by atoms with E-state index in [1.54, 1.807) is 14.2 Å². The van der Waals surface area contributed by atoms with E-state index in [1.807, 2.05) is 0 Å². The molecule has 0 fully saturated rings. The van der Waals surface area contributed by atoms with Gasteiger partial charge in [-0.3, -0.25) is 0 Å². The molecule has 0 aromatic heterocycles. The Balaban J connectivity index is 2.19. The second-order valence-electron chi connectivity index (χ2n) is 0.328. The summed E-state index contributed by atoms with van der Waals surface area (Å²) in [5, 5.41) is 0. The van der Waals surface area contributed by atoms with Gasteiger partial charge in [-0.1, -0.05) is 0 Å². The fourth-order valence-corrected chi connectivity index (χ4v) is 0.455. The van der Waals surface area contributed by atoms with Crippen molar-refractivity contribution in [2.45, 2.75) is 0 Å². The molecule has 0 aliphatic rings. The Morgan fingerprint density at radius 1 is 1.20 bits per heavy atom. The van der Waals surface area contributed by atoms with Gasteiger partial charge in [0.15, 0.2) is 0 Å². The number of rotatable bonds is 2. The van der Waals surface area contributed by atoms with Crippen molar-refractivity contribution in [3.63, 3.8) is 0 Å². The first-order chi connectivity index (χ1) is 2.41. The van der Waals surface area contributed by atoms with Gasteiger partial charge in [-0.05, 0) is 0 Å². The molecule has 2 nitrogen and oxygen atoms in total. The summed E-state index contributed by atoms with van der Waals surface area (Å²) in [7, 11) is 3.28. The monoisotopic (exact) mass is 255 g/mol. The first-order valence-corrected chi connectivity index (χ1v) is 3.04. The van der Waals surface area contributed by atoms with Crippen LogP contribution in [-0.2, 0) is 25.4 Å². The molecule has 0 aromatic rings. The molecular formula is C2H6IrO2-. The van der Waals surface area contributed by atoms with Crippen molar-refractivity contribution in [1.29, 1.82) is 0 Å². The summed E-state index contributed by atoms with van der Waals surface area (Å²) in [5.41, 5.74) is 0. The Morgan fingerprint density at radius 2 is 1.60 bits per heavy atom. The van der Waals surface area contributed by atoms with Crippen molar-refractivity contribution >= 4 is 0 Å². The average molecular weight is 254 g/mol. The van der Waals surface area contributed by atoms with E-state index in [2.05, 4.69) is 6.99 Å². The molecule has 36 valence electrons. The van der Waals surface area contributed by atoms with E-state index in [0.717, 1.165) is 0 Å². The van der Waals surface area contributed by atoms with Gasteiger partial charge < -0.3 is 0 Å². The molecule has 0 unspecified atom stereocenters. The van der Waals surface area contributed by atoms with Gasteiger partial charge in [0.1, 0.15) is 0 Å². The molecule has 0 rings (SSSR count). The molecular weight excluding hydrogens is 248 g/mol. The summed E-state index contributed by atoms with van der Waals surface area (Å²) in [6.45, 7) is 0. The van der Waals surface area contributed by atoms with Crippen LogP contribution in [0.1, 0.15) is 0 Å². The third-order valence-electron chi connectivity index (χ3n) is 0.111. The predicted octanol–water partition coefficient (Wildman–Crippen LogP) is 0.192. The van der Waals surface area contributed by atoms with E-state index in [-0.39, 0.29) is 0 Å². The molecule has 0 aliphatic heterocycles. The molecule has 0 aromatic carbocycles. The molecule has 0 aliphatic carbocycles. The zero-order valence-corrected chi connectivity index (χ0v) is 5.54. The van der Waals surface area contributed by atoms with Crippen molar-refractivity contribution < 1.29 is 25.4 Å². The Bertz CT molecular complexity index is 15.1. The molecule has 3 heteroatoms. The minimum atomic E-state index is -0.472. The SMILES string of the molecule is C[O][Ir-][O]C. The van der Waals surface area contributed by atoms with Crippen LogP contribution in [0.25, 0.3) is 0 Å². The van der Waals surface area contributed by atoms with E-state index < -0.39 is 18.4 Å². The first kappa shape index (κ1) is 5.57. The minimum absolute atomic E-state index is 0.472. The zero-order valence-electron chi connectivity index (χ0n) is 3.15. The Labute approximate surface area is 40.3 Å². The maximum absolute atomic E-state index is 4.59. The summed E-state index contributed by atoms with van der Waals surface area (Å²) in [6.07, 6.45) is 0. The van der Waals surface area contributed by atoms with Gasteiger partial charge in [-0.15, -0.1) is 0 Å². The van der Waals surface area contributed by atoms with E-state index >= 15 is 0 Å². The van der Waals surface area contributed by atoms with Crippen molar-refractivity contribution in [2.24, 2.45) is 0 Å². The van der Waals surface area contributed by atoms with Gasteiger partial charge >= 0.3 is 39.6 Å². The Morgan fingerprint density at radius 3 is 1.60 bits per heavy atom. The predicted molar refractivity (Wildman–Crippen MR) is 14.0 cm³/mol.